The van der Waals surface area contributed by atoms with Gasteiger partial charge in [-0.1, -0.05) is 19.8 Å². The molecule has 0 aliphatic rings. The Morgan fingerprint density at radius 3 is 2.80 bits per heavy atom. The van der Waals surface area contributed by atoms with Crippen LogP contribution < -0.4 is 5.32 Å². The van der Waals surface area contributed by atoms with Gasteiger partial charge in [0.1, 0.15) is 0 Å². The summed E-state index contributed by atoms with van der Waals surface area (Å²) in [5.74, 6) is 0. The molecule has 0 aromatic heterocycles. The van der Waals surface area contributed by atoms with Gasteiger partial charge in [-0.25, -0.2) is 0 Å². The van der Waals surface area contributed by atoms with Gasteiger partial charge >= 0.3 is 0 Å². The van der Waals surface area contributed by atoms with Crippen LogP contribution in [0.3, 0.4) is 0 Å². The van der Waals surface area contributed by atoms with Crippen molar-refractivity contribution in [3.63, 3.8) is 0 Å². The monoisotopic (exact) mass is 142 g/mol. The van der Waals surface area contributed by atoms with Crippen molar-refractivity contribution in [2.75, 3.05) is 0 Å². The lowest BCUT2D eigenvalue weighted by Gasteiger charge is -2.07. The Kier molecular flexibility index (Phi) is 5.72. The highest BCUT2D eigenvalue weighted by Gasteiger charge is 1.99. The van der Waals surface area contributed by atoms with Crippen molar-refractivity contribution in [2.45, 2.75) is 32.2 Å². The van der Waals surface area contributed by atoms with Gasteiger partial charge in [-0.2, -0.15) is 0 Å². The molecule has 10 heavy (non-hydrogen) atoms. The lowest BCUT2D eigenvalue weighted by molar-refractivity contribution is -0.109. The summed E-state index contributed by atoms with van der Waals surface area (Å²) < 4.78 is 0. The minimum Gasteiger partial charge on any atom is -0.351 e. The molecule has 1 atom stereocenters. The van der Waals surface area contributed by atoms with E-state index < -0.39 is 0 Å². The van der Waals surface area contributed by atoms with E-state index in [1.54, 1.807) is 0 Å². The number of hydrogen-bond donors (Lipinski definition) is 2. The molecule has 58 valence electrons. The Morgan fingerprint density at radius 1 is 1.70 bits per heavy atom. The van der Waals surface area contributed by atoms with Crippen molar-refractivity contribution < 1.29 is 4.79 Å². The van der Waals surface area contributed by atoms with Crippen LogP contribution in [-0.4, -0.2) is 18.7 Å². The molecule has 0 saturated heterocycles. The van der Waals surface area contributed by atoms with Crippen LogP contribution in [0.4, 0.5) is 0 Å². The molecular weight excluding hydrogens is 128 g/mol. The number of unbranched alkanes of at least 4 members (excludes halogenated alkanes) is 1. The quantitative estimate of drug-likeness (QED) is 0.421. The highest BCUT2D eigenvalue weighted by atomic mass is 16.1. The lowest BCUT2D eigenvalue weighted by Crippen LogP contribution is -2.28. The van der Waals surface area contributed by atoms with Crippen LogP contribution in [0.25, 0.3) is 0 Å². The van der Waals surface area contributed by atoms with Gasteiger partial charge in [0.15, 0.2) is 0 Å². The van der Waals surface area contributed by atoms with Gasteiger partial charge in [-0.3, -0.25) is 4.79 Å². The maximum absolute atomic E-state index is 9.92. The highest BCUT2D eigenvalue weighted by molar-refractivity contribution is 5.65. The molecule has 0 aliphatic carbocycles. The number of carbonyl (C=O) groups excluding carboxylic acids is 1. The Labute approximate surface area is 61.3 Å². The van der Waals surface area contributed by atoms with Gasteiger partial charge in [0.2, 0.25) is 6.41 Å². The molecule has 2 N–H and O–H groups in total. The van der Waals surface area contributed by atoms with Crippen LogP contribution in [0.2, 0.25) is 0 Å². The molecule has 0 aromatic carbocycles. The van der Waals surface area contributed by atoms with Gasteiger partial charge in [-0.15, -0.1) is 0 Å². The number of carbonyl (C=O) groups is 1. The average molecular weight is 142 g/mol. The van der Waals surface area contributed by atoms with Crippen LogP contribution in [0.1, 0.15) is 26.2 Å². The summed E-state index contributed by atoms with van der Waals surface area (Å²) in [6.45, 7) is 2.09. The largest absolute Gasteiger partial charge is 0.351 e. The zero-order chi connectivity index (χ0) is 7.82. The van der Waals surface area contributed by atoms with Crippen LogP contribution in [0, 0.1) is 5.41 Å². The van der Waals surface area contributed by atoms with E-state index in [2.05, 4.69) is 12.2 Å². The summed E-state index contributed by atoms with van der Waals surface area (Å²) in [5.41, 5.74) is 0. The molecule has 0 rings (SSSR count). The summed E-state index contributed by atoms with van der Waals surface area (Å²) in [6.07, 6.45) is 4.94. The van der Waals surface area contributed by atoms with Gasteiger partial charge in [0.05, 0.1) is 6.04 Å². The molecule has 3 nitrogen and oxygen atoms in total. The maximum Gasteiger partial charge on any atom is 0.207 e. The number of nitrogens with one attached hydrogen (secondary N) is 2. The van der Waals surface area contributed by atoms with Crippen molar-refractivity contribution in [3.8, 4) is 0 Å². The maximum atomic E-state index is 9.92. The van der Waals surface area contributed by atoms with Gasteiger partial charge in [0, 0.05) is 6.21 Å². The molecule has 0 fully saturated rings. The SMILES string of the molecule is CCCCC(C=N)NC=O. The zero-order valence-electron chi connectivity index (χ0n) is 6.26. The Hall–Kier alpha value is -0.860. The molecule has 1 unspecified atom stereocenters. The second-order valence-corrected chi connectivity index (χ2v) is 2.20. The van der Waals surface area contributed by atoms with Crippen LogP contribution >= 0.6 is 0 Å². The standard InChI is InChI=1S/C7H14N2O/c1-2-3-4-7(5-8)9-6-10/h5-8H,2-4H2,1H3,(H,9,10). The highest BCUT2D eigenvalue weighted by Crippen LogP contribution is 1.96. The van der Waals surface area contributed by atoms with E-state index in [1.165, 1.54) is 6.21 Å². The summed E-state index contributed by atoms with van der Waals surface area (Å²) in [4.78, 5) is 9.92. The topological polar surface area (TPSA) is 53.0 Å². The van der Waals surface area contributed by atoms with E-state index in [9.17, 15) is 4.79 Å². The molecular formula is C7H14N2O. The third-order valence-electron chi connectivity index (χ3n) is 1.35. The van der Waals surface area contributed by atoms with E-state index in [4.69, 9.17) is 5.41 Å². The van der Waals surface area contributed by atoms with Gasteiger partial charge < -0.3 is 10.7 Å². The molecule has 0 radical (unpaired) electrons. The predicted octanol–water partition coefficient (Wildman–Crippen LogP) is 0.941. The molecule has 0 heterocycles. The molecule has 1 amide bonds. The first-order valence-electron chi connectivity index (χ1n) is 3.55. The molecule has 0 aliphatic heterocycles. The summed E-state index contributed by atoms with van der Waals surface area (Å²) in [6, 6.07) is -0.0579. The Morgan fingerprint density at radius 2 is 2.40 bits per heavy atom. The van der Waals surface area contributed by atoms with Crippen LogP contribution in [-0.2, 0) is 4.79 Å². The van der Waals surface area contributed by atoms with E-state index >= 15 is 0 Å². The average Bonchev–Trinajstić information content (AvgIpc) is 1.98. The summed E-state index contributed by atoms with van der Waals surface area (Å²) >= 11 is 0. The van der Waals surface area contributed by atoms with Crippen molar-refractivity contribution >= 4 is 12.6 Å². The van der Waals surface area contributed by atoms with Crippen molar-refractivity contribution in [2.24, 2.45) is 0 Å². The van der Waals surface area contributed by atoms with Gasteiger partial charge in [0.25, 0.3) is 0 Å². The molecule has 0 saturated carbocycles. The summed E-state index contributed by atoms with van der Waals surface area (Å²) in [7, 11) is 0. The second kappa shape index (κ2) is 6.26. The fourth-order valence-corrected chi connectivity index (χ4v) is 0.726. The Bertz CT molecular complexity index is 104. The molecule has 0 bridgehead atoms. The fraction of sp³-hybridized carbons (Fsp3) is 0.714. The normalized spacial score (nSPS) is 12.1. The van der Waals surface area contributed by atoms with Gasteiger partial charge in [-0.05, 0) is 6.42 Å². The minimum absolute atomic E-state index is 0.0579. The lowest BCUT2D eigenvalue weighted by atomic mass is 10.1. The van der Waals surface area contributed by atoms with E-state index in [1.807, 2.05) is 0 Å². The first-order valence-corrected chi connectivity index (χ1v) is 3.55. The van der Waals surface area contributed by atoms with Crippen molar-refractivity contribution in [1.82, 2.24) is 5.32 Å². The smallest absolute Gasteiger partial charge is 0.207 e. The second-order valence-electron chi connectivity index (χ2n) is 2.20. The molecule has 3 heteroatoms. The minimum atomic E-state index is -0.0579. The van der Waals surface area contributed by atoms with Crippen molar-refractivity contribution in [3.05, 3.63) is 0 Å². The zero-order valence-corrected chi connectivity index (χ0v) is 6.26. The third kappa shape index (κ3) is 4.06. The number of rotatable bonds is 6. The predicted molar refractivity (Wildman–Crippen MR) is 41.3 cm³/mol. The van der Waals surface area contributed by atoms with Crippen LogP contribution in [0.15, 0.2) is 0 Å². The summed E-state index contributed by atoms with van der Waals surface area (Å²) in [5, 5.41) is 9.44. The van der Waals surface area contributed by atoms with E-state index in [0.717, 1.165) is 19.3 Å². The first-order chi connectivity index (χ1) is 4.85. The first kappa shape index (κ1) is 9.14. The fourth-order valence-electron chi connectivity index (χ4n) is 0.726. The number of amides is 1. The van der Waals surface area contributed by atoms with Crippen LogP contribution in [0.5, 0.6) is 0 Å². The molecule has 0 spiro atoms. The van der Waals surface area contributed by atoms with Crippen molar-refractivity contribution in [1.29, 1.82) is 5.41 Å². The Balaban J connectivity index is 3.38. The third-order valence-corrected chi connectivity index (χ3v) is 1.35. The molecule has 0 aromatic rings. The number of hydrogen-bond acceptors (Lipinski definition) is 2. The van der Waals surface area contributed by atoms with E-state index in [0.29, 0.717) is 6.41 Å². The van der Waals surface area contributed by atoms with E-state index in [-0.39, 0.29) is 6.04 Å².